The highest BCUT2D eigenvalue weighted by molar-refractivity contribution is 6.40. The van der Waals surface area contributed by atoms with Gasteiger partial charge in [0.25, 0.3) is 5.91 Å². The van der Waals surface area contributed by atoms with Crippen LogP contribution in [0.3, 0.4) is 0 Å². The van der Waals surface area contributed by atoms with Crippen molar-refractivity contribution >= 4 is 35.3 Å². The SMILES string of the molecule is CCOc1ccc(/C=N/NC(=O)C(=O)Nc2ccccc2C(=O)Nc2cccc(C)c2)cc1. The summed E-state index contributed by atoms with van der Waals surface area (Å²) in [4.78, 5) is 37.1. The van der Waals surface area contributed by atoms with Gasteiger partial charge in [0, 0.05) is 5.69 Å². The highest BCUT2D eigenvalue weighted by Crippen LogP contribution is 2.18. The summed E-state index contributed by atoms with van der Waals surface area (Å²) in [5, 5.41) is 9.04. The van der Waals surface area contributed by atoms with E-state index in [1.54, 1.807) is 54.6 Å². The fourth-order valence-corrected chi connectivity index (χ4v) is 2.92. The van der Waals surface area contributed by atoms with Crippen molar-refractivity contribution in [2.45, 2.75) is 13.8 Å². The lowest BCUT2D eigenvalue weighted by atomic mass is 10.1. The van der Waals surface area contributed by atoms with E-state index in [9.17, 15) is 14.4 Å². The summed E-state index contributed by atoms with van der Waals surface area (Å²) in [7, 11) is 0. The standard InChI is InChI=1S/C25H24N4O4/c1-3-33-20-13-11-18(12-14-20)16-26-29-25(32)24(31)28-22-10-5-4-9-21(22)23(30)27-19-8-6-7-17(2)15-19/h4-16H,3H2,1-2H3,(H,27,30)(H,28,31)(H,29,32)/b26-16+. The minimum atomic E-state index is -0.967. The van der Waals surface area contributed by atoms with Crippen LogP contribution in [0.5, 0.6) is 5.75 Å². The lowest BCUT2D eigenvalue weighted by Gasteiger charge is -2.11. The van der Waals surface area contributed by atoms with Crippen LogP contribution in [0.15, 0.2) is 77.9 Å². The van der Waals surface area contributed by atoms with E-state index >= 15 is 0 Å². The number of hydrogen-bond acceptors (Lipinski definition) is 5. The number of nitrogens with one attached hydrogen (secondary N) is 3. The first-order chi connectivity index (χ1) is 16.0. The average molecular weight is 444 g/mol. The molecule has 168 valence electrons. The number of carbonyl (C=O) groups excluding carboxylic acids is 3. The van der Waals surface area contributed by atoms with E-state index in [4.69, 9.17) is 4.74 Å². The Morgan fingerprint density at radius 3 is 2.39 bits per heavy atom. The molecule has 0 aliphatic heterocycles. The van der Waals surface area contributed by atoms with Crippen molar-refractivity contribution < 1.29 is 19.1 Å². The first-order valence-electron chi connectivity index (χ1n) is 10.3. The minimum absolute atomic E-state index is 0.207. The maximum absolute atomic E-state index is 12.7. The molecule has 3 aromatic rings. The van der Waals surface area contributed by atoms with E-state index in [0.717, 1.165) is 16.9 Å². The molecular weight excluding hydrogens is 420 g/mol. The number of amides is 3. The van der Waals surface area contributed by atoms with Crippen molar-refractivity contribution in [3.63, 3.8) is 0 Å². The number of benzene rings is 3. The maximum Gasteiger partial charge on any atom is 0.329 e. The molecular formula is C25H24N4O4. The summed E-state index contributed by atoms with van der Waals surface area (Å²) in [6, 6.07) is 20.9. The Balaban J connectivity index is 1.60. The van der Waals surface area contributed by atoms with Crippen LogP contribution in [-0.4, -0.2) is 30.5 Å². The Kier molecular flexibility index (Phi) is 7.91. The highest BCUT2D eigenvalue weighted by atomic mass is 16.5. The predicted octanol–water partition coefficient (Wildman–Crippen LogP) is 3.73. The molecule has 3 amide bonds. The van der Waals surface area contributed by atoms with Crippen LogP contribution < -0.4 is 20.8 Å². The van der Waals surface area contributed by atoms with Crippen LogP contribution in [0.25, 0.3) is 0 Å². The topological polar surface area (TPSA) is 109 Å². The second kappa shape index (κ2) is 11.2. The summed E-state index contributed by atoms with van der Waals surface area (Å²) >= 11 is 0. The van der Waals surface area contributed by atoms with E-state index in [0.29, 0.717) is 12.3 Å². The second-order valence-electron chi connectivity index (χ2n) is 7.02. The summed E-state index contributed by atoms with van der Waals surface area (Å²) in [6.45, 7) is 4.38. The van der Waals surface area contributed by atoms with E-state index < -0.39 is 17.7 Å². The molecule has 8 nitrogen and oxygen atoms in total. The summed E-state index contributed by atoms with van der Waals surface area (Å²) in [5.41, 5.74) is 4.94. The number of anilines is 2. The van der Waals surface area contributed by atoms with Crippen LogP contribution >= 0.6 is 0 Å². The number of carbonyl (C=O) groups is 3. The molecule has 0 spiro atoms. The Hall–Kier alpha value is -4.46. The van der Waals surface area contributed by atoms with Crippen LogP contribution in [0, 0.1) is 6.92 Å². The molecule has 0 aliphatic carbocycles. The molecule has 3 N–H and O–H groups in total. The van der Waals surface area contributed by atoms with E-state index in [2.05, 4.69) is 21.2 Å². The van der Waals surface area contributed by atoms with Crippen molar-refractivity contribution in [3.05, 3.63) is 89.5 Å². The van der Waals surface area contributed by atoms with Crippen LogP contribution in [0.1, 0.15) is 28.4 Å². The van der Waals surface area contributed by atoms with Gasteiger partial charge in [-0.25, -0.2) is 5.43 Å². The van der Waals surface area contributed by atoms with E-state index in [1.165, 1.54) is 6.21 Å². The zero-order valence-corrected chi connectivity index (χ0v) is 18.3. The number of hydrazone groups is 1. The van der Waals surface area contributed by atoms with Gasteiger partial charge >= 0.3 is 11.8 Å². The average Bonchev–Trinajstić information content (AvgIpc) is 2.80. The quantitative estimate of drug-likeness (QED) is 0.293. The van der Waals surface area contributed by atoms with Gasteiger partial charge in [-0.15, -0.1) is 0 Å². The van der Waals surface area contributed by atoms with Gasteiger partial charge in [-0.3, -0.25) is 14.4 Å². The molecule has 3 rings (SSSR count). The summed E-state index contributed by atoms with van der Waals surface area (Å²) in [6.07, 6.45) is 1.41. The van der Waals surface area contributed by atoms with Crippen LogP contribution in [0.4, 0.5) is 11.4 Å². The molecule has 0 saturated carbocycles. The fraction of sp³-hybridized carbons (Fsp3) is 0.120. The predicted molar refractivity (Wildman–Crippen MR) is 128 cm³/mol. The summed E-state index contributed by atoms with van der Waals surface area (Å²) in [5.74, 6) is -1.60. The van der Waals surface area contributed by atoms with E-state index in [1.807, 2.05) is 32.0 Å². The number of ether oxygens (including phenoxy) is 1. The van der Waals surface area contributed by atoms with Crippen molar-refractivity contribution in [1.82, 2.24) is 5.43 Å². The zero-order valence-electron chi connectivity index (χ0n) is 18.3. The van der Waals surface area contributed by atoms with Crippen LogP contribution in [-0.2, 0) is 9.59 Å². The molecule has 8 heteroatoms. The third-order valence-electron chi connectivity index (χ3n) is 4.47. The smallest absolute Gasteiger partial charge is 0.329 e. The molecule has 0 aromatic heterocycles. The Morgan fingerprint density at radius 2 is 1.67 bits per heavy atom. The van der Waals surface area contributed by atoms with Gasteiger partial charge in [0.1, 0.15) is 5.75 Å². The monoisotopic (exact) mass is 444 g/mol. The number of aryl methyl sites for hydroxylation is 1. The molecule has 0 heterocycles. The van der Waals surface area contributed by atoms with Gasteiger partial charge in [0.15, 0.2) is 0 Å². The number of rotatable bonds is 7. The lowest BCUT2D eigenvalue weighted by Crippen LogP contribution is -2.33. The molecule has 0 fully saturated rings. The van der Waals surface area contributed by atoms with Gasteiger partial charge in [-0.05, 0) is 73.5 Å². The molecule has 0 bridgehead atoms. The summed E-state index contributed by atoms with van der Waals surface area (Å²) < 4.78 is 5.36. The third-order valence-corrected chi connectivity index (χ3v) is 4.47. The number of hydrogen-bond donors (Lipinski definition) is 3. The first kappa shape index (κ1) is 23.2. The normalized spacial score (nSPS) is 10.5. The molecule has 3 aromatic carbocycles. The molecule has 0 unspecified atom stereocenters. The van der Waals surface area contributed by atoms with Crippen molar-refractivity contribution in [3.8, 4) is 5.75 Å². The third kappa shape index (κ3) is 6.76. The number of para-hydroxylation sites is 1. The highest BCUT2D eigenvalue weighted by Gasteiger charge is 2.17. The molecule has 0 aliphatic rings. The minimum Gasteiger partial charge on any atom is -0.494 e. The van der Waals surface area contributed by atoms with Gasteiger partial charge in [0.2, 0.25) is 0 Å². The fourth-order valence-electron chi connectivity index (χ4n) is 2.92. The zero-order chi connectivity index (χ0) is 23.6. The first-order valence-corrected chi connectivity index (χ1v) is 10.3. The molecule has 0 radical (unpaired) electrons. The molecule has 0 atom stereocenters. The van der Waals surface area contributed by atoms with E-state index in [-0.39, 0.29) is 11.3 Å². The lowest BCUT2D eigenvalue weighted by molar-refractivity contribution is -0.136. The van der Waals surface area contributed by atoms with Crippen molar-refractivity contribution in [2.75, 3.05) is 17.2 Å². The van der Waals surface area contributed by atoms with Crippen LogP contribution in [0.2, 0.25) is 0 Å². The van der Waals surface area contributed by atoms with Gasteiger partial charge in [-0.1, -0.05) is 24.3 Å². The molecule has 33 heavy (non-hydrogen) atoms. The Labute approximate surface area is 191 Å². The van der Waals surface area contributed by atoms with Gasteiger partial charge in [-0.2, -0.15) is 5.10 Å². The van der Waals surface area contributed by atoms with Crippen molar-refractivity contribution in [1.29, 1.82) is 0 Å². The second-order valence-corrected chi connectivity index (χ2v) is 7.02. The molecule has 0 saturated heterocycles. The number of nitrogens with zero attached hydrogens (tertiary/aromatic N) is 1. The maximum atomic E-state index is 12.7. The largest absolute Gasteiger partial charge is 0.494 e. The Morgan fingerprint density at radius 1 is 0.909 bits per heavy atom. The Bertz CT molecular complexity index is 1170. The van der Waals surface area contributed by atoms with Gasteiger partial charge < -0.3 is 15.4 Å². The van der Waals surface area contributed by atoms with Gasteiger partial charge in [0.05, 0.1) is 24.1 Å². The van der Waals surface area contributed by atoms with Crippen molar-refractivity contribution in [2.24, 2.45) is 5.10 Å².